The summed E-state index contributed by atoms with van der Waals surface area (Å²) in [6, 6.07) is 0.831. The topological polar surface area (TPSA) is 70.2 Å². The lowest BCUT2D eigenvalue weighted by Crippen LogP contribution is -2.34. The zero-order valence-electron chi connectivity index (χ0n) is 15.5. The summed E-state index contributed by atoms with van der Waals surface area (Å²) in [5.41, 5.74) is 1.62. The van der Waals surface area contributed by atoms with Gasteiger partial charge in [0.1, 0.15) is 17.3 Å². The van der Waals surface area contributed by atoms with Crippen LogP contribution in [0.1, 0.15) is 72.7 Å². The highest BCUT2D eigenvalue weighted by Gasteiger charge is 2.32. The van der Waals surface area contributed by atoms with Gasteiger partial charge in [0.25, 0.3) is 5.91 Å². The number of nitrogens with one attached hydrogen (secondary N) is 2. The van der Waals surface area contributed by atoms with Crippen molar-refractivity contribution in [2.24, 2.45) is 5.92 Å². The molecule has 1 amide bonds. The molecule has 2 saturated carbocycles. The Labute approximate surface area is 155 Å². The van der Waals surface area contributed by atoms with Crippen molar-refractivity contribution in [3.8, 4) is 0 Å². The maximum Gasteiger partial charge on any atom is 0.270 e. The third-order valence-electron chi connectivity index (χ3n) is 6.56. The maximum atomic E-state index is 12.2. The van der Waals surface area contributed by atoms with E-state index in [1.807, 2.05) is 0 Å². The summed E-state index contributed by atoms with van der Waals surface area (Å²) in [5.74, 6) is 2.89. The Hall–Kier alpha value is -1.69. The van der Waals surface area contributed by atoms with Crippen molar-refractivity contribution in [3.63, 3.8) is 0 Å². The van der Waals surface area contributed by atoms with Crippen molar-refractivity contribution in [1.29, 1.82) is 0 Å². The summed E-state index contributed by atoms with van der Waals surface area (Å²) < 4.78 is 0. The van der Waals surface area contributed by atoms with Crippen LogP contribution < -0.4 is 10.6 Å². The number of nitrogens with zero attached hydrogens (tertiary/aromatic N) is 3. The van der Waals surface area contributed by atoms with Gasteiger partial charge >= 0.3 is 0 Å². The van der Waals surface area contributed by atoms with Gasteiger partial charge < -0.3 is 15.5 Å². The van der Waals surface area contributed by atoms with E-state index in [-0.39, 0.29) is 5.91 Å². The molecular formula is C20H29N5O. The SMILES string of the molecule is O=C1NCCc2c(NCC3CCN(C4CCCC4)C3)nc(C3CC3)nc21. The van der Waals surface area contributed by atoms with Crippen LogP contribution in [-0.4, -0.2) is 53.0 Å². The third-order valence-corrected chi connectivity index (χ3v) is 6.56. The van der Waals surface area contributed by atoms with Gasteiger partial charge in [-0.05, 0) is 51.0 Å². The summed E-state index contributed by atoms with van der Waals surface area (Å²) >= 11 is 0. The first-order valence-electron chi connectivity index (χ1n) is 10.4. The number of amides is 1. The van der Waals surface area contributed by atoms with Crippen molar-refractivity contribution < 1.29 is 4.79 Å². The van der Waals surface area contributed by atoms with Crippen LogP contribution in [0, 0.1) is 5.92 Å². The van der Waals surface area contributed by atoms with Crippen molar-refractivity contribution in [3.05, 3.63) is 17.1 Å². The average molecular weight is 355 g/mol. The molecule has 6 heteroatoms. The van der Waals surface area contributed by atoms with Gasteiger partial charge in [0.05, 0.1) is 0 Å². The fourth-order valence-corrected chi connectivity index (χ4v) is 4.85. The molecule has 1 atom stereocenters. The molecule has 1 unspecified atom stereocenters. The van der Waals surface area contributed by atoms with Gasteiger partial charge in [-0.15, -0.1) is 0 Å². The number of carbonyl (C=O) groups excluding carboxylic acids is 1. The van der Waals surface area contributed by atoms with E-state index in [1.165, 1.54) is 45.2 Å². The predicted octanol–water partition coefficient (Wildman–Crippen LogP) is 2.32. The van der Waals surface area contributed by atoms with E-state index in [1.54, 1.807) is 0 Å². The zero-order valence-corrected chi connectivity index (χ0v) is 15.5. The van der Waals surface area contributed by atoms with E-state index in [9.17, 15) is 4.79 Å². The van der Waals surface area contributed by atoms with Gasteiger partial charge in [0.15, 0.2) is 0 Å². The number of hydrogen-bond acceptors (Lipinski definition) is 5. The Morgan fingerprint density at radius 2 is 1.96 bits per heavy atom. The lowest BCUT2D eigenvalue weighted by atomic mass is 10.1. The fraction of sp³-hybridized carbons (Fsp3) is 0.750. The number of likely N-dealkylation sites (tertiary alicyclic amines) is 1. The van der Waals surface area contributed by atoms with E-state index >= 15 is 0 Å². The Morgan fingerprint density at radius 1 is 1.12 bits per heavy atom. The molecule has 26 heavy (non-hydrogen) atoms. The number of hydrogen-bond donors (Lipinski definition) is 2. The summed E-state index contributed by atoms with van der Waals surface area (Å²) in [4.78, 5) is 24.4. The highest BCUT2D eigenvalue weighted by atomic mass is 16.1. The lowest BCUT2D eigenvalue weighted by Gasteiger charge is -2.24. The van der Waals surface area contributed by atoms with Crippen molar-refractivity contribution in [1.82, 2.24) is 20.2 Å². The summed E-state index contributed by atoms with van der Waals surface area (Å²) in [6.07, 6.45) is 9.99. The minimum atomic E-state index is -0.0353. The van der Waals surface area contributed by atoms with E-state index in [0.29, 0.717) is 24.1 Å². The van der Waals surface area contributed by atoms with Crippen LogP contribution in [-0.2, 0) is 6.42 Å². The molecule has 2 aliphatic heterocycles. The minimum absolute atomic E-state index is 0.0353. The normalized spacial score (nSPS) is 26.8. The monoisotopic (exact) mass is 355 g/mol. The molecule has 2 N–H and O–H groups in total. The zero-order chi connectivity index (χ0) is 17.5. The Morgan fingerprint density at radius 3 is 2.77 bits per heavy atom. The van der Waals surface area contributed by atoms with Crippen LogP contribution in [0.25, 0.3) is 0 Å². The number of fused-ring (bicyclic) bond motifs is 1. The van der Waals surface area contributed by atoms with Crippen molar-refractivity contribution >= 4 is 11.7 Å². The van der Waals surface area contributed by atoms with E-state index in [0.717, 1.165) is 49.1 Å². The molecule has 1 aromatic heterocycles. The highest BCUT2D eigenvalue weighted by molar-refractivity contribution is 5.96. The van der Waals surface area contributed by atoms with Crippen LogP contribution in [0.4, 0.5) is 5.82 Å². The van der Waals surface area contributed by atoms with Gasteiger partial charge in [-0.1, -0.05) is 12.8 Å². The average Bonchev–Trinajstić information content (AvgIpc) is 3.16. The minimum Gasteiger partial charge on any atom is -0.369 e. The second kappa shape index (κ2) is 6.80. The molecule has 5 rings (SSSR count). The third kappa shape index (κ3) is 3.20. The van der Waals surface area contributed by atoms with Crippen molar-refractivity contribution in [2.45, 2.75) is 63.3 Å². The van der Waals surface area contributed by atoms with Gasteiger partial charge in [-0.3, -0.25) is 4.79 Å². The van der Waals surface area contributed by atoms with Gasteiger partial charge in [0.2, 0.25) is 0 Å². The van der Waals surface area contributed by atoms with E-state index in [2.05, 4.69) is 20.5 Å². The molecule has 1 aromatic rings. The first-order valence-corrected chi connectivity index (χ1v) is 10.4. The van der Waals surface area contributed by atoms with Crippen LogP contribution in [0.5, 0.6) is 0 Å². The van der Waals surface area contributed by atoms with Crippen molar-refractivity contribution in [2.75, 3.05) is 31.5 Å². The van der Waals surface area contributed by atoms with E-state index < -0.39 is 0 Å². The molecule has 1 saturated heterocycles. The number of rotatable bonds is 5. The van der Waals surface area contributed by atoms with Crippen LogP contribution in [0.3, 0.4) is 0 Å². The fourth-order valence-electron chi connectivity index (χ4n) is 4.85. The smallest absolute Gasteiger partial charge is 0.270 e. The summed E-state index contributed by atoms with van der Waals surface area (Å²) in [6.45, 7) is 4.10. The van der Waals surface area contributed by atoms with Gasteiger partial charge in [-0.25, -0.2) is 9.97 Å². The van der Waals surface area contributed by atoms with E-state index in [4.69, 9.17) is 4.98 Å². The maximum absolute atomic E-state index is 12.2. The molecule has 0 aromatic carbocycles. The standard InChI is InChI=1S/C20H29N5O/c26-20-17-16(7-9-21-20)19(24-18(23-17)14-5-6-14)22-11-13-8-10-25(12-13)15-3-1-2-4-15/h13-15H,1-12H2,(H,21,26)(H,22,23,24). The summed E-state index contributed by atoms with van der Waals surface area (Å²) in [7, 11) is 0. The quantitative estimate of drug-likeness (QED) is 0.848. The number of anilines is 1. The van der Waals surface area contributed by atoms with Gasteiger partial charge in [-0.2, -0.15) is 0 Å². The molecule has 0 radical (unpaired) electrons. The molecule has 3 fully saturated rings. The molecule has 4 aliphatic rings. The van der Waals surface area contributed by atoms with Crippen LogP contribution >= 0.6 is 0 Å². The Bertz CT molecular complexity index is 696. The van der Waals surface area contributed by atoms with Crippen LogP contribution in [0.2, 0.25) is 0 Å². The molecular weight excluding hydrogens is 326 g/mol. The largest absolute Gasteiger partial charge is 0.369 e. The molecule has 6 nitrogen and oxygen atoms in total. The second-order valence-electron chi connectivity index (χ2n) is 8.51. The first-order chi connectivity index (χ1) is 12.8. The lowest BCUT2D eigenvalue weighted by molar-refractivity contribution is 0.0940. The summed E-state index contributed by atoms with van der Waals surface area (Å²) in [5, 5.41) is 6.53. The molecule has 140 valence electrons. The highest BCUT2D eigenvalue weighted by Crippen LogP contribution is 2.39. The molecule has 0 spiro atoms. The number of carbonyl (C=O) groups is 1. The predicted molar refractivity (Wildman–Crippen MR) is 100 cm³/mol. The number of aromatic nitrogens is 2. The molecule has 3 heterocycles. The van der Waals surface area contributed by atoms with Crippen LogP contribution in [0.15, 0.2) is 0 Å². The van der Waals surface area contributed by atoms with Gasteiger partial charge in [0, 0.05) is 37.2 Å². The molecule has 2 aliphatic carbocycles. The Kier molecular flexibility index (Phi) is 4.31. The molecule has 0 bridgehead atoms. The second-order valence-corrected chi connectivity index (χ2v) is 8.51. The first kappa shape index (κ1) is 16.5. The Balaban J connectivity index is 1.28.